The molecule has 26 heavy (non-hydrogen) atoms. The molecule has 0 radical (unpaired) electrons. The minimum atomic E-state index is -4.53. The topological polar surface area (TPSA) is 40.3 Å². The summed E-state index contributed by atoms with van der Waals surface area (Å²) in [6.45, 7) is 2.84. The highest BCUT2D eigenvalue weighted by Crippen LogP contribution is 2.27. The van der Waals surface area contributed by atoms with Crippen molar-refractivity contribution in [3.05, 3.63) is 46.2 Å². The van der Waals surface area contributed by atoms with E-state index in [0.717, 1.165) is 38.2 Å². The highest BCUT2D eigenvalue weighted by Gasteiger charge is 2.37. The molecule has 0 fully saturated rings. The van der Waals surface area contributed by atoms with E-state index >= 15 is 0 Å². The van der Waals surface area contributed by atoms with E-state index in [-0.39, 0.29) is 11.4 Å². The van der Waals surface area contributed by atoms with Gasteiger partial charge < -0.3 is 9.32 Å². The lowest BCUT2D eigenvalue weighted by molar-refractivity contribution is -0.917. The van der Waals surface area contributed by atoms with Crippen LogP contribution in [-0.2, 0) is 32.9 Å². The molecule has 0 aliphatic heterocycles. The number of rotatable bonds is 5. The maximum atomic E-state index is 13.0. The molecule has 1 unspecified atom stereocenters. The number of fused-ring (bicyclic) bond motifs is 1. The first kappa shape index (κ1) is 18.7. The number of quaternary nitrogens is 1. The highest BCUT2D eigenvalue weighted by atomic mass is 32.1. The summed E-state index contributed by atoms with van der Waals surface area (Å²) < 4.78 is 47.0. The first-order valence-corrected chi connectivity index (χ1v) is 8.64. The molecular formula is C17H20F3N4OS+. The Balaban J connectivity index is 1.87. The van der Waals surface area contributed by atoms with Crippen LogP contribution in [0, 0.1) is 4.77 Å². The van der Waals surface area contributed by atoms with Gasteiger partial charge in [0, 0.05) is 18.9 Å². The lowest BCUT2D eigenvalue weighted by Crippen LogP contribution is -3.07. The summed E-state index contributed by atoms with van der Waals surface area (Å²) in [5, 5.41) is 4.69. The Kier molecular flexibility index (Phi) is 4.94. The van der Waals surface area contributed by atoms with Crippen molar-refractivity contribution in [2.45, 2.75) is 32.7 Å². The standard InChI is InChI=1S/C17H19F3N4OS/c1-4-13-12(11-7-5-6-8-14(11)25-13)9-22(2)10-24-16(26)23(3)15(21-24)17(18,19)20/h5-8H,4,9-10H2,1-3H3/p+1. The molecule has 1 aromatic carbocycles. The molecule has 2 aromatic heterocycles. The van der Waals surface area contributed by atoms with Crippen molar-refractivity contribution in [2.24, 2.45) is 7.05 Å². The molecule has 9 heteroatoms. The van der Waals surface area contributed by atoms with Gasteiger partial charge >= 0.3 is 6.18 Å². The number of para-hydroxylation sites is 1. The Bertz CT molecular complexity index is 986. The Morgan fingerprint density at radius 2 is 1.96 bits per heavy atom. The number of aryl methyl sites for hydroxylation is 1. The first-order valence-electron chi connectivity index (χ1n) is 8.24. The van der Waals surface area contributed by atoms with E-state index in [1.54, 1.807) is 0 Å². The van der Waals surface area contributed by atoms with Gasteiger partial charge in [-0.05, 0) is 18.3 Å². The SMILES string of the molecule is CCc1oc2ccccc2c1C[NH+](C)Cn1nc(C(F)(F)F)n(C)c1=S. The van der Waals surface area contributed by atoms with Crippen LogP contribution in [0.25, 0.3) is 11.0 Å². The van der Waals surface area contributed by atoms with Gasteiger partial charge in [0.25, 0.3) is 0 Å². The zero-order valence-corrected chi connectivity index (χ0v) is 15.5. The summed E-state index contributed by atoms with van der Waals surface area (Å²) >= 11 is 5.11. The number of nitrogens with one attached hydrogen (secondary N) is 1. The van der Waals surface area contributed by atoms with Gasteiger partial charge in [0.05, 0.1) is 12.6 Å². The third-order valence-electron chi connectivity index (χ3n) is 4.30. The Morgan fingerprint density at radius 3 is 2.58 bits per heavy atom. The smallest absolute Gasteiger partial charge is 0.451 e. The molecule has 0 aliphatic carbocycles. The molecule has 0 aliphatic rings. The van der Waals surface area contributed by atoms with Gasteiger partial charge in [0.2, 0.25) is 10.6 Å². The van der Waals surface area contributed by atoms with Crippen molar-refractivity contribution in [1.29, 1.82) is 0 Å². The first-order chi connectivity index (χ1) is 12.2. The zero-order valence-electron chi connectivity index (χ0n) is 14.7. The minimum Gasteiger partial charge on any atom is -0.461 e. The molecule has 0 saturated carbocycles. The Morgan fingerprint density at radius 1 is 1.27 bits per heavy atom. The summed E-state index contributed by atoms with van der Waals surface area (Å²) in [5.41, 5.74) is 1.89. The van der Waals surface area contributed by atoms with Gasteiger partial charge in [0.1, 0.15) is 17.9 Å². The number of hydrogen-bond donors (Lipinski definition) is 1. The van der Waals surface area contributed by atoms with Crippen LogP contribution in [-0.4, -0.2) is 21.4 Å². The molecule has 0 saturated heterocycles. The normalized spacial score (nSPS) is 13.5. The van der Waals surface area contributed by atoms with Crippen LogP contribution in [0.15, 0.2) is 28.7 Å². The number of aromatic nitrogens is 3. The van der Waals surface area contributed by atoms with Gasteiger partial charge in [-0.15, -0.1) is 5.10 Å². The summed E-state index contributed by atoms with van der Waals surface area (Å²) in [6.07, 6.45) is -3.78. The van der Waals surface area contributed by atoms with Crippen molar-refractivity contribution < 1.29 is 22.5 Å². The number of nitrogens with zero attached hydrogens (tertiary/aromatic N) is 3. The Labute approximate surface area is 153 Å². The molecule has 2 heterocycles. The molecule has 5 nitrogen and oxygen atoms in total. The van der Waals surface area contributed by atoms with Crippen LogP contribution in [0.2, 0.25) is 0 Å². The number of furan rings is 1. The molecule has 0 amide bonds. The maximum absolute atomic E-state index is 13.0. The molecule has 3 aromatic rings. The van der Waals surface area contributed by atoms with Crippen LogP contribution >= 0.6 is 12.2 Å². The maximum Gasteiger partial charge on any atom is 0.451 e. The van der Waals surface area contributed by atoms with Crippen LogP contribution in [0.1, 0.15) is 24.1 Å². The largest absolute Gasteiger partial charge is 0.461 e. The minimum absolute atomic E-state index is 0.0458. The van der Waals surface area contributed by atoms with E-state index < -0.39 is 12.0 Å². The van der Waals surface area contributed by atoms with E-state index in [9.17, 15) is 13.2 Å². The number of benzene rings is 1. The zero-order chi connectivity index (χ0) is 19.1. The van der Waals surface area contributed by atoms with E-state index in [1.807, 2.05) is 38.2 Å². The molecule has 1 atom stereocenters. The van der Waals surface area contributed by atoms with Crippen molar-refractivity contribution >= 4 is 23.2 Å². The Hall–Kier alpha value is -2.13. The molecule has 0 spiro atoms. The molecule has 140 valence electrons. The van der Waals surface area contributed by atoms with Crippen molar-refractivity contribution in [1.82, 2.24) is 14.3 Å². The fourth-order valence-corrected chi connectivity index (χ4v) is 3.27. The highest BCUT2D eigenvalue weighted by molar-refractivity contribution is 7.71. The quantitative estimate of drug-likeness (QED) is 0.687. The average molecular weight is 385 g/mol. The van der Waals surface area contributed by atoms with E-state index in [2.05, 4.69) is 5.10 Å². The predicted molar refractivity (Wildman–Crippen MR) is 93.2 cm³/mol. The molecule has 0 bridgehead atoms. The third-order valence-corrected chi connectivity index (χ3v) is 4.78. The number of halogens is 3. The average Bonchev–Trinajstić information content (AvgIpc) is 3.07. The lowest BCUT2D eigenvalue weighted by atomic mass is 10.1. The van der Waals surface area contributed by atoms with Crippen LogP contribution < -0.4 is 4.90 Å². The van der Waals surface area contributed by atoms with Crippen molar-refractivity contribution in [3.8, 4) is 0 Å². The van der Waals surface area contributed by atoms with Gasteiger partial charge in [-0.1, -0.05) is 25.1 Å². The second-order valence-corrected chi connectivity index (χ2v) is 6.67. The van der Waals surface area contributed by atoms with E-state index in [0.29, 0.717) is 6.54 Å². The van der Waals surface area contributed by atoms with Crippen LogP contribution in [0.4, 0.5) is 13.2 Å². The molecule has 3 rings (SSSR count). The van der Waals surface area contributed by atoms with Crippen LogP contribution in [0.5, 0.6) is 0 Å². The number of hydrogen-bond acceptors (Lipinski definition) is 3. The van der Waals surface area contributed by atoms with Crippen molar-refractivity contribution in [2.75, 3.05) is 7.05 Å². The van der Waals surface area contributed by atoms with Gasteiger partial charge in [0.15, 0.2) is 6.67 Å². The lowest BCUT2D eigenvalue weighted by Gasteiger charge is -2.14. The molecule has 1 N–H and O–H groups in total. The predicted octanol–water partition coefficient (Wildman–Crippen LogP) is 2.95. The summed E-state index contributed by atoms with van der Waals surface area (Å²) in [5.74, 6) is -0.0931. The summed E-state index contributed by atoms with van der Waals surface area (Å²) in [7, 11) is 3.17. The molecular weight excluding hydrogens is 365 g/mol. The van der Waals surface area contributed by atoms with E-state index in [4.69, 9.17) is 16.6 Å². The van der Waals surface area contributed by atoms with Crippen molar-refractivity contribution in [3.63, 3.8) is 0 Å². The number of alkyl halides is 3. The fourth-order valence-electron chi connectivity index (χ4n) is 3.08. The third kappa shape index (κ3) is 3.41. The monoisotopic (exact) mass is 385 g/mol. The van der Waals surface area contributed by atoms with Crippen LogP contribution in [0.3, 0.4) is 0 Å². The summed E-state index contributed by atoms with van der Waals surface area (Å²) in [4.78, 5) is 0.953. The second kappa shape index (κ2) is 6.88. The fraction of sp³-hybridized carbons (Fsp3) is 0.412. The van der Waals surface area contributed by atoms with E-state index in [1.165, 1.54) is 11.7 Å². The van der Waals surface area contributed by atoms with Gasteiger partial charge in [-0.3, -0.25) is 4.57 Å². The van der Waals surface area contributed by atoms with Gasteiger partial charge in [-0.25, -0.2) is 0 Å². The second-order valence-electron chi connectivity index (χ2n) is 6.31. The van der Waals surface area contributed by atoms with Gasteiger partial charge in [-0.2, -0.15) is 17.9 Å². The summed E-state index contributed by atoms with van der Waals surface area (Å²) in [6, 6.07) is 7.77.